The molecular weight excluding hydrogens is 308 g/mol. The summed E-state index contributed by atoms with van der Waals surface area (Å²) in [6.07, 6.45) is 0. The van der Waals surface area contributed by atoms with Crippen LogP contribution >= 0.6 is 11.3 Å². The van der Waals surface area contributed by atoms with Gasteiger partial charge in [-0.3, -0.25) is 4.79 Å². The number of fused-ring (bicyclic) bond motifs is 3. The number of anilines is 1. The Bertz CT molecular complexity index is 792. The molecule has 23 heavy (non-hydrogen) atoms. The zero-order chi connectivity index (χ0) is 16.8. The Kier molecular flexibility index (Phi) is 3.84. The van der Waals surface area contributed by atoms with Crippen molar-refractivity contribution in [2.75, 3.05) is 25.1 Å². The van der Waals surface area contributed by atoms with Gasteiger partial charge in [-0.05, 0) is 39.0 Å². The lowest BCUT2D eigenvalue weighted by molar-refractivity contribution is 0.0925. The molecule has 1 N–H and O–H groups in total. The van der Waals surface area contributed by atoms with Crippen LogP contribution in [-0.4, -0.2) is 31.6 Å². The van der Waals surface area contributed by atoms with Crippen LogP contribution in [0.4, 0.5) is 5.69 Å². The van der Waals surface area contributed by atoms with Gasteiger partial charge in [0.25, 0.3) is 5.91 Å². The summed E-state index contributed by atoms with van der Waals surface area (Å²) in [4.78, 5) is 15.7. The predicted molar refractivity (Wildman–Crippen MR) is 96.9 cm³/mol. The molecule has 0 radical (unpaired) electrons. The second-order valence-electron chi connectivity index (χ2n) is 6.79. The van der Waals surface area contributed by atoms with Gasteiger partial charge in [0.15, 0.2) is 0 Å². The number of ether oxygens (including phenoxy) is 1. The van der Waals surface area contributed by atoms with Crippen molar-refractivity contribution in [3.63, 3.8) is 0 Å². The van der Waals surface area contributed by atoms with Crippen LogP contribution in [0.2, 0.25) is 0 Å². The highest BCUT2D eigenvalue weighted by Gasteiger charge is 2.34. The molecule has 0 fully saturated rings. The molecule has 3 rings (SSSR count). The van der Waals surface area contributed by atoms with Crippen LogP contribution in [0.1, 0.15) is 30.4 Å². The lowest BCUT2D eigenvalue weighted by Gasteiger charge is -2.32. The fourth-order valence-electron chi connectivity index (χ4n) is 3.08. The van der Waals surface area contributed by atoms with Crippen molar-refractivity contribution in [2.24, 2.45) is 0 Å². The summed E-state index contributed by atoms with van der Waals surface area (Å²) in [5.74, 6) is 0.798. The van der Waals surface area contributed by atoms with Crippen molar-refractivity contribution < 1.29 is 9.53 Å². The van der Waals surface area contributed by atoms with Crippen LogP contribution in [0.25, 0.3) is 10.1 Å². The Morgan fingerprint density at radius 3 is 2.87 bits per heavy atom. The maximum Gasteiger partial charge on any atom is 0.264 e. The topological polar surface area (TPSA) is 41.6 Å². The number of rotatable bonds is 3. The van der Waals surface area contributed by atoms with E-state index in [1.54, 1.807) is 7.11 Å². The van der Waals surface area contributed by atoms with Gasteiger partial charge in [-0.15, -0.1) is 11.3 Å². The summed E-state index contributed by atoms with van der Waals surface area (Å²) in [7, 11) is 1.66. The first kappa shape index (κ1) is 15.9. The molecule has 0 spiro atoms. The second kappa shape index (κ2) is 5.57. The van der Waals surface area contributed by atoms with Gasteiger partial charge in [-0.25, -0.2) is 0 Å². The van der Waals surface area contributed by atoms with E-state index in [9.17, 15) is 4.79 Å². The highest BCUT2D eigenvalue weighted by atomic mass is 32.1. The molecule has 4 nitrogen and oxygen atoms in total. The minimum Gasteiger partial charge on any atom is -0.497 e. The molecule has 1 aliphatic heterocycles. The Morgan fingerprint density at radius 2 is 2.22 bits per heavy atom. The number of hydrogen-bond acceptors (Lipinski definition) is 4. The van der Waals surface area contributed by atoms with E-state index in [4.69, 9.17) is 4.74 Å². The fourth-order valence-corrected chi connectivity index (χ4v) is 4.18. The summed E-state index contributed by atoms with van der Waals surface area (Å²) >= 11 is 1.53. The lowest BCUT2D eigenvalue weighted by atomic mass is 10.0. The average molecular weight is 330 g/mol. The van der Waals surface area contributed by atoms with E-state index in [0.717, 1.165) is 45.1 Å². The normalized spacial score (nSPS) is 16.7. The van der Waals surface area contributed by atoms with Gasteiger partial charge in [0.1, 0.15) is 10.6 Å². The Labute approximate surface area is 140 Å². The van der Waals surface area contributed by atoms with Gasteiger partial charge < -0.3 is 15.0 Å². The number of carbonyl (C=O) groups is 1. The van der Waals surface area contributed by atoms with Crippen LogP contribution in [0.3, 0.4) is 0 Å². The summed E-state index contributed by atoms with van der Waals surface area (Å²) in [6, 6.07) is 5.97. The molecule has 1 aliphatic rings. The first-order valence-electron chi connectivity index (χ1n) is 7.63. The molecule has 0 aliphatic carbocycles. The standard InChI is InChI=1S/C18H22N2O2S/c1-11(2)9-20-10-18(3,4)19-17(21)16-15(20)13-8-12(22-5)6-7-14(13)23-16/h6-8H,1,9-10H2,2-5H3,(H,19,21). The number of nitrogens with zero attached hydrogens (tertiary/aromatic N) is 1. The predicted octanol–water partition coefficient (Wildman–Crippen LogP) is 3.81. The maximum absolute atomic E-state index is 12.7. The van der Waals surface area contributed by atoms with Crippen molar-refractivity contribution in [2.45, 2.75) is 26.3 Å². The quantitative estimate of drug-likeness (QED) is 0.870. The van der Waals surface area contributed by atoms with Crippen LogP contribution in [-0.2, 0) is 0 Å². The SMILES string of the molecule is C=C(C)CN1CC(C)(C)NC(=O)c2sc3ccc(OC)cc3c21. The van der Waals surface area contributed by atoms with Crippen molar-refractivity contribution in [1.29, 1.82) is 0 Å². The van der Waals surface area contributed by atoms with Crippen molar-refractivity contribution in [1.82, 2.24) is 5.32 Å². The minimum atomic E-state index is -0.295. The molecule has 2 aromatic rings. The molecule has 1 aromatic heterocycles. The number of hydrogen-bond donors (Lipinski definition) is 1. The number of thiophene rings is 1. The zero-order valence-corrected chi connectivity index (χ0v) is 14.8. The number of nitrogens with one attached hydrogen (secondary N) is 1. The fraction of sp³-hybridized carbons (Fsp3) is 0.389. The Morgan fingerprint density at radius 1 is 1.48 bits per heavy atom. The highest BCUT2D eigenvalue weighted by Crippen LogP contribution is 2.42. The molecule has 5 heteroatoms. The smallest absolute Gasteiger partial charge is 0.264 e. The average Bonchev–Trinajstić information content (AvgIpc) is 2.79. The molecule has 0 saturated carbocycles. The minimum absolute atomic E-state index is 0.00520. The number of benzene rings is 1. The number of carbonyl (C=O) groups excluding carboxylic acids is 1. The van der Waals surface area contributed by atoms with E-state index in [2.05, 4.69) is 30.6 Å². The highest BCUT2D eigenvalue weighted by molar-refractivity contribution is 7.21. The largest absolute Gasteiger partial charge is 0.497 e. The third kappa shape index (κ3) is 2.93. The lowest BCUT2D eigenvalue weighted by Crippen LogP contribution is -2.49. The van der Waals surface area contributed by atoms with Crippen LogP contribution in [0.5, 0.6) is 5.75 Å². The van der Waals surface area contributed by atoms with E-state index >= 15 is 0 Å². The first-order chi connectivity index (χ1) is 10.8. The zero-order valence-electron chi connectivity index (χ0n) is 14.0. The van der Waals surface area contributed by atoms with Crippen LogP contribution < -0.4 is 15.0 Å². The molecule has 1 amide bonds. The molecule has 2 heterocycles. The number of methoxy groups -OCH3 is 1. The number of amides is 1. The van der Waals surface area contributed by atoms with E-state index < -0.39 is 0 Å². The van der Waals surface area contributed by atoms with Crippen LogP contribution in [0.15, 0.2) is 30.4 Å². The van der Waals surface area contributed by atoms with Gasteiger partial charge in [0.05, 0.1) is 18.3 Å². The van der Waals surface area contributed by atoms with Gasteiger partial charge in [0, 0.05) is 23.2 Å². The van der Waals surface area contributed by atoms with Gasteiger partial charge in [-0.2, -0.15) is 0 Å². The van der Waals surface area contributed by atoms with E-state index in [0.29, 0.717) is 0 Å². The third-order valence-corrected chi connectivity index (χ3v) is 5.05. The van der Waals surface area contributed by atoms with Crippen LogP contribution in [0, 0.1) is 0 Å². The molecule has 0 atom stereocenters. The van der Waals surface area contributed by atoms with Gasteiger partial charge in [0.2, 0.25) is 0 Å². The van der Waals surface area contributed by atoms with E-state index in [-0.39, 0.29) is 11.4 Å². The molecule has 1 aromatic carbocycles. The monoisotopic (exact) mass is 330 g/mol. The third-order valence-electron chi connectivity index (χ3n) is 3.89. The Hall–Kier alpha value is -2.01. The molecule has 0 saturated heterocycles. The summed E-state index contributed by atoms with van der Waals surface area (Å²) in [6.45, 7) is 11.6. The second-order valence-corrected chi connectivity index (χ2v) is 7.85. The summed E-state index contributed by atoms with van der Waals surface area (Å²) in [5, 5.41) is 4.20. The maximum atomic E-state index is 12.7. The molecule has 122 valence electrons. The summed E-state index contributed by atoms with van der Waals surface area (Å²) in [5.41, 5.74) is 1.77. The van der Waals surface area contributed by atoms with Crippen molar-refractivity contribution in [3.05, 3.63) is 35.2 Å². The molecule has 0 unspecified atom stereocenters. The van der Waals surface area contributed by atoms with E-state index in [1.165, 1.54) is 11.3 Å². The molecular formula is C18H22N2O2S. The van der Waals surface area contributed by atoms with E-state index in [1.807, 2.05) is 25.1 Å². The first-order valence-corrected chi connectivity index (χ1v) is 8.45. The van der Waals surface area contributed by atoms with Gasteiger partial charge in [-0.1, -0.05) is 12.2 Å². The van der Waals surface area contributed by atoms with Crippen molar-refractivity contribution >= 4 is 33.0 Å². The molecule has 0 bridgehead atoms. The Balaban J connectivity index is 2.24. The van der Waals surface area contributed by atoms with Crippen molar-refractivity contribution in [3.8, 4) is 5.75 Å². The van der Waals surface area contributed by atoms with Gasteiger partial charge >= 0.3 is 0 Å². The summed E-state index contributed by atoms with van der Waals surface area (Å²) < 4.78 is 6.46.